The lowest BCUT2D eigenvalue weighted by Gasteiger charge is -2.04. The number of nitrogens with one attached hydrogen (secondary N) is 1. The van der Waals surface area contributed by atoms with E-state index in [-0.39, 0.29) is 0 Å². The number of aryl methyl sites for hydroxylation is 1. The monoisotopic (exact) mass is 269 g/mol. The van der Waals surface area contributed by atoms with E-state index in [2.05, 4.69) is 30.8 Å². The van der Waals surface area contributed by atoms with Crippen molar-refractivity contribution in [1.82, 2.24) is 30.2 Å². The normalized spacial score (nSPS) is 10.5. The Morgan fingerprint density at radius 1 is 1.35 bits per heavy atom. The molecule has 1 N–H and O–H groups in total. The lowest BCUT2D eigenvalue weighted by Crippen LogP contribution is -1.98. The summed E-state index contributed by atoms with van der Waals surface area (Å²) < 4.78 is 1.60. The highest BCUT2D eigenvalue weighted by atomic mass is 32.2. The zero-order valence-corrected chi connectivity index (χ0v) is 11.2. The summed E-state index contributed by atoms with van der Waals surface area (Å²) in [7, 11) is 3.61. The Morgan fingerprint density at radius 2 is 2.18 bits per heavy atom. The maximum Gasteiger partial charge on any atom is 0.215 e. The van der Waals surface area contributed by atoms with Gasteiger partial charge in [0, 0.05) is 20.2 Å². The number of rotatable bonds is 4. The Hall–Kier alpha value is -1.35. The average molecular weight is 269 g/mol. The van der Waals surface area contributed by atoms with Crippen LogP contribution in [0.15, 0.2) is 21.4 Å². The number of nitrogens with zero attached hydrogens (tertiary/aromatic N) is 6. The van der Waals surface area contributed by atoms with Crippen LogP contribution >= 0.6 is 23.5 Å². The molecule has 17 heavy (non-hydrogen) atoms. The maximum atomic E-state index is 4.38. The predicted octanol–water partition coefficient (Wildman–Crippen LogP) is 0.915. The second-order valence-electron chi connectivity index (χ2n) is 3.02. The van der Waals surface area contributed by atoms with Crippen molar-refractivity contribution in [1.29, 1.82) is 0 Å². The van der Waals surface area contributed by atoms with Crippen molar-refractivity contribution in [3.8, 4) is 0 Å². The van der Waals surface area contributed by atoms with Crippen molar-refractivity contribution >= 4 is 29.3 Å². The van der Waals surface area contributed by atoms with Gasteiger partial charge in [-0.05, 0) is 28.4 Å². The van der Waals surface area contributed by atoms with Crippen LogP contribution in [0.4, 0.5) is 5.82 Å². The van der Waals surface area contributed by atoms with Gasteiger partial charge in [-0.15, -0.1) is 5.10 Å². The number of tetrazole rings is 1. The van der Waals surface area contributed by atoms with E-state index in [1.54, 1.807) is 11.7 Å². The Balaban J connectivity index is 2.29. The van der Waals surface area contributed by atoms with E-state index in [0.29, 0.717) is 5.16 Å². The Bertz CT molecular complexity index is 490. The summed E-state index contributed by atoms with van der Waals surface area (Å²) in [5.74, 6) is 0.780. The van der Waals surface area contributed by atoms with Crippen LogP contribution < -0.4 is 5.32 Å². The molecular formula is C8H11N7S2. The predicted molar refractivity (Wildman–Crippen MR) is 66.3 cm³/mol. The number of hydrogen-bond acceptors (Lipinski definition) is 8. The summed E-state index contributed by atoms with van der Waals surface area (Å²) in [5, 5.41) is 16.5. The molecule has 2 aromatic rings. The highest BCUT2D eigenvalue weighted by Crippen LogP contribution is 2.26. The first kappa shape index (κ1) is 12.1. The van der Waals surface area contributed by atoms with Gasteiger partial charge in [-0.2, -0.15) is 0 Å². The Morgan fingerprint density at radius 3 is 2.76 bits per heavy atom. The minimum atomic E-state index is 0.692. The molecule has 90 valence electrons. The zero-order valence-electron chi connectivity index (χ0n) is 9.58. The fourth-order valence-electron chi connectivity index (χ4n) is 1.08. The molecule has 0 unspecified atom stereocenters. The summed E-state index contributed by atoms with van der Waals surface area (Å²) >= 11 is 2.90. The Kier molecular flexibility index (Phi) is 3.79. The molecule has 0 spiro atoms. The van der Waals surface area contributed by atoms with Crippen LogP contribution in [0.1, 0.15) is 0 Å². The summed E-state index contributed by atoms with van der Waals surface area (Å²) in [6.07, 6.45) is 1.94. The topological polar surface area (TPSA) is 81.4 Å². The van der Waals surface area contributed by atoms with E-state index in [1.807, 2.05) is 19.4 Å². The molecule has 0 saturated heterocycles. The van der Waals surface area contributed by atoms with Crippen molar-refractivity contribution < 1.29 is 0 Å². The van der Waals surface area contributed by atoms with Gasteiger partial charge in [0.2, 0.25) is 5.16 Å². The van der Waals surface area contributed by atoms with Crippen molar-refractivity contribution in [3.05, 3.63) is 6.07 Å². The van der Waals surface area contributed by atoms with Gasteiger partial charge in [-0.3, -0.25) is 0 Å². The van der Waals surface area contributed by atoms with E-state index >= 15 is 0 Å². The van der Waals surface area contributed by atoms with Gasteiger partial charge in [0.25, 0.3) is 0 Å². The molecule has 0 aliphatic heterocycles. The first-order chi connectivity index (χ1) is 8.22. The minimum absolute atomic E-state index is 0.692. The van der Waals surface area contributed by atoms with Crippen LogP contribution in [0.3, 0.4) is 0 Å². The average Bonchev–Trinajstić information content (AvgIpc) is 2.74. The summed E-state index contributed by atoms with van der Waals surface area (Å²) in [5.41, 5.74) is 0. The quantitative estimate of drug-likeness (QED) is 0.498. The van der Waals surface area contributed by atoms with Gasteiger partial charge >= 0.3 is 0 Å². The molecule has 2 aromatic heterocycles. The first-order valence-corrected chi connectivity index (χ1v) is 6.78. The third-order valence-electron chi connectivity index (χ3n) is 1.90. The summed E-state index contributed by atoms with van der Waals surface area (Å²) in [4.78, 5) is 8.67. The van der Waals surface area contributed by atoms with Gasteiger partial charge in [0.15, 0.2) is 5.16 Å². The molecule has 2 heterocycles. The molecule has 0 aliphatic carbocycles. The van der Waals surface area contributed by atoms with Gasteiger partial charge in [-0.25, -0.2) is 14.6 Å². The number of hydrogen-bond donors (Lipinski definition) is 1. The van der Waals surface area contributed by atoms with E-state index in [0.717, 1.165) is 16.0 Å². The van der Waals surface area contributed by atoms with Gasteiger partial charge in [0.05, 0.1) is 0 Å². The molecule has 0 radical (unpaired) electrons. The fourth-order valence-corrected chi connectivity index (χ4v) is 2.25. The lowest BCUT2D eigenvalue weighted by molar-refractivity contribution is 0.664. The summed E-state index contributed by atoms with van der Waals surface area (Å²) in [6, 6.07) is 1.86. The molecule has 0 aliphatic rings. The van der Waals surface area contributed by atoms with E-state index in [4.69, 9.17) is 0 Å². The Labute approximate surface area is 107 Å². The molecule has 0 amide bonds. The first-order valence-electron chi connectivity index (χ1n) is 4.74. The van der Waals surface area contributed by atoms with Crippen LogP contribution in [0.25, 0.3) is 0 Å². The molecular weight excluding hydrogens is 258 g/mol. The van der Waals surface area contributed by atoms with Crippen LogP contribution in [0, 0.1) is 0 Å². The molecule has 0 aromatic carbocycles. The second kappa shape index (κ2) is 5.32. The molecule has 0 saturated carbocycles. The van der Waals surface area contributed by atoms with Gasteiger partial charge in [0.1, 0.15) is 10.8 Å². The van der Waals surface area contributed by atoms with Gasteiger partial charge in [-0.1, -0.05) is 11.8 Å². The number of anilines is 1. The largest absolute Gasteiger partial charge is 0.373 e. The minimum Gasteiger partial charge on any atom is -0.373 e. The second-order valence-corrected chi connectivity index (χ2v) is 4.78. The number of thioether (sulfide) groups is 1. The summed E-state index contributed by atoms with van der Waals surface area (Å²) in [6.45, 7) is 0. The smallest absolute Gasteiger partial charge is 0.215 e. The number of aromatic nitrogens is 6. The highest BCUT2D eigenvalue weighted by molar-refractivity contribution is 7.99. The van der Waals surface area contributed by atoms with E-state index in [9.17, 15) is 0 Å². The third-order valence-corrected chi connectivity index (χ3v) is 3.39. The fraction of sp³-hybridized carbons (Fsp3) is 0.375. The third kappa shape index (κ3) is 2.86. The molecule has 0 fully saturated rings. The molecule has 2 rings (SSSR count). The molecule has 9 heteroatoms. The molecule has 0 bridgehead atoms. The zero-order chi connectivity index (χ0) is 12.3. The van der Waals surface area contributed by atoms with Crippen molar-refractivity contribution in [2.75, 3.05) is 18.6 Å². The van der Waals surface area contributed by atoms with Crippen molar-refractivity contribution in [2.45, 2.75) is 15.3 Å². The van der Waals surface area contributed by atoms with Crippen LogP contribution in [-0.2, 0) is 7.05 Å². The van der Waals surface area contributed by atoms with Crippen LogP contribution in [0.2, 0.25) is 0 Å². The van der Waals surface area contributed by atoms with E-state index in [1.165, 1.54) is 23.5 Å². The lowest BCUT2D eigenvalue weighted by atomic mass is 10.6. The van der Waals surface area contributed by atoms with E-state index < -0.39 is 0 Å². The van der Waals surface area contributed by atoms with Gasteiger partial charge < -0.3 is 5.32 Å². The SMILES string of the molecule is CNc1cc(Sc2nnnn2C)nc(SC)n1. The van der Waals surface area contributed by atoms with Crippen molar-refractivity contribution in [3.63, 3.8) is 0 Å². The highest BCUT2D eigenvalue weighted by Gasteiger charge is 2.09. The van der Waals surface area contributed by atoms with Crippen LogP contribution in [0.5, 0.6) is 0 Å². The van der Waals surface area contributed by atoms with Crippen LogP contribution in [-0.4, -0.2) is 43.5 Å². The van der Waals surface area contributed by atoms with Crippen molar-refractivity contribution in [2.24, 2.45) is 7.05 Å². The standard InChI is InChI=1S/C8H11N7S2/c1-9-5-4-6(11-7(10-5)16-3)17-8-12-13-14-15(8)2/h4H,1-3H3,(H,9,10,11). The molecule has 0 atom stereocenters. The maximum absolute atomic E-state index is 4.38. The molecule has 7 nitrogen and oxygen atoms in total.